The first-order valence-corrected chi connectivity index (χ1v) is 17.6. The SMILES string of the molecule is CCCCCCCCCCCCCCCCCCNC(=O)OCc1ccc[n+](C2CCCC2)c1CCCCC(=O)OC. The molecular weight excluding hydrogens is 524 g/mol. The molecule has 2 rings (SSSR count). The van der Waals surface area contributed by atoms with Crippen molar-refractivity contribution in [2.24, 2.45) is 0 Å². The number of hydrogen-bond donors (Lipinski definition) is 1. The smallest absolute Gasteiger partial charge is 0.407 e. The molecule has 6 heteroatoms. The van der Waals surface area contributed by atoms with Gasteiger partial charge in [-0.3, -0.25) is 4.79 Å². The lowest BCUT2D eigenvalue weighted by atomic mass is 10.0. The maximum atomic E-state index is 12.4. The van der Waals surface area contributed by atoms with Gasteiger partial charge in [0, 0.05) is 38.3 Å². The van der Waals surface area contributed by atoms with Gasteiger partial charge in [0.05, 0.1) is 12.7 Å². The molecule has 0 unspecified atom stereocenters. The Balaban J connectivity index is 1.54. The Morgan fingerprint density at radius 1 is 0.810 bits per heavy atom. The summed E-state index contributed by atoms with van der Waals surface area (Å²) in [6.07, 6.45) is 31.3. The van der Waals surface area contributed by atoms with Crippen LogP contribution in [0.2, 0.25) is 0 Å². The van der Waals surface area contributed by atoms with Crippen molar-refractivity contribution in [3.8, 4) is 0 Å². The Labute approximate surface area is 257 Å². The van der Waals surface area contributed by atoms with Gasteiger partial charge in [-0.15, -0.1) is 0 Å². The second kappa shape index (κ2) is 24.3. The maximum Gasteiger partial charge on any atom is 0.407 e. The average Bonchev–Trinajstić information content (AvgIpc) is 3.55. The molecule has 1 aliphatic rings. The van der Waals surface area contributed by atoms with Gasteiger partial charge in [-0.2, -0.15) is 4.57 Å². The van der Waals surface area contributed by atoms with Gasteiger partial charge in [0.1, 0.15) is 6.61 Å². The molecule has 42 heavy (non-hydrogen) atoms. The molecule has 0 atom stereocenters. The van der Waals surface area contributed by atoms with E-state index in [-0.39, 0.29) is 18.7 Å². The van der Waals surface area contributed by atoms with E-state index in [1.807, 2.05) is 0 Å². The van der Waals surface area contributed by atoms with Crippen LogP contribution in [0.5, 0.6) is 0 Å². The van der Waals surface area contributed by atoms with E-state index in [1.165, 1.54) is 128 Å². The van der Waals surface area contributed by atoms with Crippen molar-refractivity contribution >= 4 is 12.1 Å². The Kier molecular flexibility index (Phi) is 20.9. The number of alkyl carbamates (subject to hydrolysis) is 1. The highest BCUT2D eigenvalue weighted by atomic mass is 16.5. The molecular formula is C36H63N2O4+. The van der Waals surface area contributed by atoms with Gasteiger partial charge in [-0.05, 0) is 38.2 Å². The minimum Gasteiger partial charge on any atom is -0.469 e. The maximum absolute atomic E-state index is 12.4. The van der Waals surface area contributed by atoms with Gasteiger partial charge >= 0.3 is 12.1 Å². The molecule has 0 radical (unpaired) electrons. The molecule has 1 fully saturated rings. The van der Waals surface area contributed by atoms with Crippen molar-refractivity contribution in [3.63, 3.8) is 0 Å². The van der Waals surface area contributed by atoms with Crippen LogP contribution in [-0.2, 0) is 27.3 Å². The minimum absolute atomic E-state index is 0.156. The van der Waals surface area contributed by atoms with Crippen molar-refractivity contribution in [3.05, 3.63) is 29.6 Å². The van der Waals surface area contributed by atoms with Crippen LogP contribution in [-0.4, -0.2) is 25.7 Å². The molecule has 6 nitrogen and oxygen atoms in total. The number of carbonyl (C=O) groups excluding carboxylic acids is 2. The van der Waals surface area contributed by atoms with Crippen molar-refractivity contribution in [2.45, 2.75) is 174 Å². The Hall–Kier alpha value is -2.11. The summed E-state index contributed by atoms with van der Waals surface area (Å²) in [7, 11) is 1.44. The second-order valence-electron chi connectivity index (χ2n) is 12.4. The number of unbranched alkanes of at least 4 members (excludes halogenated alkanes) is 16. The fourth-order valence-electron chi connectivity index (χ4n) is 6.27. The summed E-state index contributed by atoms with van der Waals surface area (Å²) in [5.74, 6) is -0.156. The molecule has 240 valence electrons. The zero-order valence-corrected chi connectivity index (χ0v) is 27.3. The van der Waals surface area contributed by atoms with Gasteiger partial charge in [-0.25, -0.2) is 4.79 Å². The lowest BCUT2D eigenvalue weighted by Crippen LogP contribution is -2.43. The highest BCUT2D eigenvalue weighted by molar-refractivity contribution is 5.69. The standard InChI is InChI=1S/C36H62N2O4/c1-3-4-5-6-7-8-9-10-11-12-13-14-15-16-17-22-29-37-36(40)42-31-32-24-23-30-38(33-25-18-19-26-33)34(32)27-20-21-28-35(39)41-2/h23-24,30,33H,3-22,25-29,31H2,1-2H3/p+1. The quantitative estimate of drug-likeness (QED) is 0.0703. The summed E-state index contributed by atoms with van der Waals surface area (Å²) in [6, 6.07) is 4.66. The molecule has 1 aliphatic carbocycles. The summed E-state index contributed by atoms with van der Waals surface area (Å²) in [4.78, 5) is 23.9. The molecule has 0 aliphatic heterocycles. The van der Waals surface area contributed by atoms with Crippen molar-refractivity contribution in [1.29, 1.82) is 0 Å². The first-order chi connectivity index (χ1) is 20.7. The summed E-state index contributed by atoms with van der Waals surface area (Å²) in [6.45, 7) is 3.24. The van der Waals surface area contributed by atoms with Gasteiger partial charge < -0.3 is 14.8 Å². The number of aromatic nitrogens is 1. The summed E-state index contributed by atoms with van der Waals surface area (Å²) < 4.78 is 12.8. The van der Waals surface area contributed by atoms with Crippen LogP contribution in [0, 0.1) is 0 Å². The number of amides is 1. The molecule has 1 heterocycles. The molecule has 1 aromatic heterocycles. The van der Waals surface area contributed by atoms with Gasteiger partial charge in [0.2, 0.25) is 0 Å². The number of esters is 1. The molecule has 0 bridgehead atoms. The van der Waals surface area contributed by atoms with E-state index in [9.17, 15) is 9.59 Å². The number of methoxy groups -OCH3 is 1. The summed E-state index contributed by atoms with van der Waals surface area (Å²) >= 11 is 0. The first-order valence-electron chi connectivity index (χ1n) is 17.6. The Bertz CT molecular complexity index is 838. The molecule has 1 N–H and O–H groups in total. The number of hydrogen-bond acceptors (Lipinski definition) is 4. The monoisotopic (exact) mass is 587 g/mol. The van der Waals surface area contributed by atoms with Crippen molar-refractivity contribution in [2.75, 3.05) is 13.7 Å². The van der Waals surface area contributed by atoms with Crippen LogP contribution in [0.1, 0.15) is 172 Å². The summed E-state index contributed by atoms with van der Waals surface area (Å²) in [5, 5.41) is 2.94. The second-order valence-corrected chi connectivity index (χ2v) is 12.4. The number of carbonyl (C=O) groups is 2. The molecule has 0 aromatic carbocycles. The number of rotatable bonds is 25. The van der Waals surface area contributed by atoms with E-state index in [4.69, 9.17) is 9.47 Å². The van der Waals surface area contributed by atoms with E-state index < -0.39 is 0 Å². The highest BCUT2D eigenvalue weighted by Gasteiger charge is 2.28. The highest BCUT2D eigenvalue weighted by Crippen LogP contribution is 2.26. The largest absolute Gasteiger partial charge is 0.469 e. The van der Waals surface area contributed by atoms with Crippen LogP contribution in [0.3, 0.4) is 0 Å². The van der Waals surface area contributed by atoms with E-state index in [2.05, 4.69) is 35.1 Å². The van der Waals surface area contributed by atoms with Crippen LogP contribution < -0.4 is 9.88 Å². The third-order valence-corrected chi connectivity index (χ3v) is 8.88. The van der Waals surface area contributed by atoms with Gasteiger partial charge in [0.15, 0.2) is 17.9 Å². The molecule has 0 saturated heterocycles. The van der Waals surface area contributed by atoms with E-state index in [0.717, 1.165) is 37.7 Å². The zero-order valence-electron chi connectivity index (χ0n) is 27.3. The lowest BCUT2D eigenvalue weighted by Gasteiger charge is -2.14. The lowest BCUT2D eigenvalue weighted by molar-refractivity contribution is -0.729. The predicted octanol–water partition coefficient (Wildman–Crippen LogP) is 9.46. The molecule has 1 saturated carbocycles. The van der Waals surface area contributed by atoms with Crippen molar-refractivity contribution < 1.29 is 23.6 Å². The van der Waals surface area contributed by atoms with Crippen LogP contribution >= 0.6 is 0 Å². The zero-order chi connectivity index (χ0) is 30.1. The Morgan fingerprint density at radius 2 is 1.38 bits per heavy atom. The van der Waals surface area contributed by atoms with Crippen LogP contribution in [0.4, 0.5) is 4.79 Å². The van der Waals surface area contributed by atoms with Crippen LogP contribution in [0.15, 0.2) is 18.3 Å². The number of pyridine rings is 1. The topological polar surface area (TPSA) is 68.5 Å². The van der Waals surface area contributed by atoms with E-state index >= 15 is 0 Å². The van der Waals surface area contributed by atoms with Crippen LogP contribution in [0.25, 0.3) is 0 Å². The number of nitrogens with zero attached hydrogens (tertiary/aromatic N) is 1. The fourth-order valence-corrected chi connectivity index (χ4v) is 6.27. The first kappa shape index (κ1) is 36.1. The Morgan fingerprint density at radius 3 is 1.95 bits per heavy atom. The number of nitrogens with one attached hydrogen (secondary N) is 1. The fraction of sp³-hybridized carbons (Fsp3) is 0.806. The van der Waals surface area contributed by atoms with Gasteiger partial charge in [-0.1, -0.05) is 103 Å². The minimum atomic E-state index is -0.330. The molecule has 1 amide bonds. The molecule has 0 spiro atoms. The van der Waals surface area contributed by atoms with E-state index in [0.29, 0.717) is 19.0 Å². The van der Waals surface area contributed by atoms with Gasteiger partial charge in [0.25, 0.3) is 0 Å². The summed E-state index contributed by atoms with van der Waals surface area (Å²) in [5.41, 5.74) is 2.31. The third kappa shape index (κ3) is 16.5. The third-order valence-electron chi connectivity index (χ3n) is 8.88. The normalized spacial score (nSPS) is 13.4. The number of ether oxygens (including phenoxy) is 2. The van der Waals surface area contributed by atoms with Crippen molar-refractivity contribution in [1.82, 2.24) is 5.32 Å². The average molecular weight is 588 g/mol. The molecule has 1 aromatic rings. The predicted molar refractivity (Wildman–Crippen MR) is 171 cm³/mol. The van der Waals surface area contributed by atoms with E-state index in [1.54, 1.807) is 0 Å².